The maximum absolute atomic E-state index is 7.36. The molecule has 0 bridgehead atoms. The molecule has 0 saturated heterocycles. The zero-order valence-corrected chi connectivity index (χ0v) is 37.5. The van der Waals surface area contributed by atoms with Gasteiger partial charge in [-0.2, -0.15) is 0 Å². The molecule has 0 unspecified atom stereocenters. The summed E-state index contributed by atoms with van der Waals surface area (Å²) in [6.45, 7) is 4.64. The monoisotopic (exact) mass is 882 g/mol. The maximum atomic E-state index is 7.36. The molecule has 0 aliphatic heterocycles. The molecule has 0 N–H and O–H groups in total. The Morgan fingerprint density at radius 3 is 1.62 bits per heavy atom. The van der Waals surface area contributed by atoms with Gasteiger partial charge in [0.05, 0.1) is 38.8 Å². The number of hydrogen-bond acceptors (Lipinski definition) is 2. The Morgan fingerprint density at radius 1 is 0.435 bits per heavy atom. The Hall–Kier alpha value is -9.32. The molecular formula is C64H42N4O. The summed E-state index contributed by atoms with van der Waals surface area (Å²) in [6, 6.07) is 83.0. The van der Waals surface area contributed by atoms with Crippen LogP contribution >= 0.6 is 0 Å². The normalized spacial score (nSPS) is 12.1. The lowest BCUT2D eigenvalue weighted by molar-refractivity contribution is 0.675. The molecule has 5 heteroatoms. The molecule has 5 nitrogen and oxygen atoms in total. The van der Waals surface area contributed by atoms with Crippen molar-refractivity contribution >= 4 is 83.3 Å². The van der Waals surface area contributed by atoms with Crippen LogP contribution in [0.2, 0.25) is 0 Å². The maximum Gasteiger partial charge on any atom is 0.160 e. The van der Waals surface area contributed by atoms with Gasteiger partial charge < -0.3 is 13.6 Å². The summed E-state index contributed by atoms with van der Waals surface area (Å²) in [4.78, 5) is 10.2. The Labute approximate surface area is 398 Å². The van der Waals surface area contributed by atoms with Gasteiger partial charge in [0.25, 0.3) is 0 Å². The summed E-state index contributed by atoms with van der Waals surface area (Å²) >= 11 is 0. The highest BCUT2D eigenvalue weighted by Gasteiger charge is 2.26. The Kier molecular flexibility index (Phi) is 9.58. The van der Waals surface area contributed by atoms with Gasteiger partial charge in [-0.05, 0) is 71.3 Å². The average Bonchev–Trinajstić information content (AvgIpc) is 4.08. The van der Waals surface area contributed by atoms with Crippen LogP contribution in [-0.4, -0.2) is 21.2 Å². The van der Waals surface area contributed by atoms with Gasteiger partial charge in [0, 0.05) is 61.1 Å². The van der Waals surface area contributed by atoms with Crippen molar-refractivity contribution in [3.8, 4) is 33.6 Å². The number of furan rings is 1. The van der Waals surface area contributed by atoms with Crippen molar-refractivity contribution in [2.75, 3.05) is 0 Å². The average molecular weight is 883 g/mol. The second-order valence-electron chi connectivity index (χ2n) is 17.4. The fourth-order valence-corrected chi connectivity index (χ4v) is 10.2. The molecule has 0 atom stereocenters. The van der Waals surface area contributed by atoms with E-state index in [4.69, 9.17) is 14.4 Å². The molecule has 0 aliphatic rings. The van der Waals surface area contributed by atoms with E-state index >= 15 is 0 Å². The van der Waals surface area contributed by atoms with Gasteiger partial charge in [0.2, 0.25) is 0 Å². The van der Waals surface area contributed by atoms with Crippen LogP contribution in [0.1, 0.15) is 16.7 Å². The molecule has 0 spiro atoms. The van der Waals surface area contributed by atoms with Crippen LogP contribution < -0.4 is 0 Å². The van der Waals surface area contributed by atoms with Crippen molar-refractivity contribution < 1.29 is 4.42 Å². The standard InChI is InChI=1S/C64H42N4O/c1-42(66-64(46-27-13-5-14-28-46)65-41-43-21-7-2-8-22-43)47-39-54(44-23-9-3-10-24-44)60(55(40-47)45-25-11-4-12-26-45)68-57-34-20-18-32-53(57)59-58(68)38-37-51-52-36-35-50-49-31-17-19-33-56(49)67(48-29-15-6-16-30-48)61(50)63(52)69-62(51)59/h2-41H,1H2/b65-41+,66-64-. The summed E-state index contributed by atoms with van der Waals surface area (Å²) in [7, 11) is 0. The minimum atomic E-state index is 0.578. The lowest BCUT2D eigenvalue weighted by Crippen LogP contribution is -2.03. The van der Waals surface area contributed by atoms with E-state index < -0.39 is 0 Å². The first kappa shape index (κ1) is 40.0. The first-order valence-electron chi connectivity index (χ1n) is 23.3. The third-order valence-corrected chi connectivity index (χ3v) is 13.3. The molecule has 10 aromatic carbocycles. The van der Waals surface area contributed by atoms with Gasteiger partial charge in [-0.15, -0.1) is 0 Å². The SMILES string of the molecule is C=C(/N=C(\N=C\c1ccccc1)c1ccccc1)c1cc(-c2ccccc2)c(-n2c3ccccc3c3c4oc5c(ccc6c7ccccc7n(-c7ccccc7)c65)c4ccc32)c(-c2ccccc2)c1. The lowest BCUT2D eigenvalue weighted by Gasteiger charge is -2.21. The van der Waals surface area contributed by atoms with Crippen LogP contribution in [0, 0.1) is 0 Å². The Balaban J connectivity index is 1.09. The van der Waals surface area contributed by atoms with E-state index in [0.717, 1.165) is 110 Å². The first-order chi connectivity index (χ1) is 34.2. The third kappa shape index (κ3) is 6.70. The fourth-order valence-electron chi connectivity index (χ4n) is 10.2. The van der Waals surface area contributed by atoms with Crippen molar-refractivity contribution in [3.05, 3.63) is 260 Å². The Morgan fingerprint density at radius 2 is 0.957 bits per heavy atom. The number of fused-ring (bicyclic) bond motifs is 11. The second-order valence-corrected chi connectivity index (χ2v) is 17.4. The zero-order valence-electron chi connectivity index (χ0n) is 37.5. The predicted molar refractivity (Wildman–Crippen MR) is 289 cm³/mol. The quantitative estimate of drug-likeness (QED) is 0.111. The lowest BCUT2D eigenvalue weighted by atomic mass is 9.92. The van der Waals surface area contributed by atoms with E-state index in [0.29, 0.717) is 11.5 Å². The Bertz CT molecular complexity index is 4100. The number of nitrogens with zero attached hydrogens (tertiary/aromatic N) is 4. The molecule has 0 fully saturated rings. The van der Waals surface area contributed by atoms with Crippen LogP contribution in [0.3, 0.4) is 0 Å². The topological polar surface area (TPSA) is 47.7 Å². The number of aromatic nitrogens is 2. The fraction of sp³-hybridized carbons (Fsp3) is 0. The number of rotatable bonds is 8. The summed E-state index contributed by atoms with van der Waals surface area (Å²) < 4.78 is 12.1. The van der Waals surface area contributed by atoms with Crippen LogP contribution in [-0.2, 0) is 0 Å². The van der Waals surface area contributed by atoms with Gasteiger partial charge in [-0.3, -0.25) is 0 Å². The highest BCUT2D eigenvalue weighted by molar-refractivity contribution is 6.28. The molecule has 324 valence electrons. The molecule has 69 heavy (non-hydrogen) atoms. The summed E-state index contributed by atoms with van der Waals surface area (Å²) in [5.74, 6) is 0.578. The largest absolute Gasteiger partial charge is 0.453 e. The zero-order chi connectivity index (χ0) is 45.8. The van der Waals surface area contributed by atoms with E-state index in [9.17, 15) is 0 Å². The second kappa shape index (κ2) is 16.5. The van der Waals surface area contributed by atoms with E-state index in [1.54, 1.807) is 0 Å². The van der Waals surface area contributed by atoms with E-state index in [1.807, 2.05) is 66.9 Å². The van der Waals surface area contributed by atoms with Crippen molar-refractivity contribution in [2.45, 2.75) is 0 Å². The summed E-state index contributed by atoms with van der Waals surface area (Å²) in [5.41, 5.74) is 15.8. The smallest absolute Gasteiger partial charge is 0.160 e. The number of aliphatic imine (C=N–C) groups is 2. The third-order valence-electron chi connectivity index (χ3n) is 13.3. The molecule has 0 radical (unpaired) electrons. The van der Waals surface area contributed by atoms with Crippen LogP contribution in [0.15, 0.2) is 258 Å². The molecule has 3 heterocycles. The highest BCUT2D eigenvalue weighted by atomic mass is 16.3. The van der Waals surface area contributed by atoms with Gasteiger partial charge in [0.15, 0.2) is 11.4 Å². The van der Waals surface area contributed by atoms with Crippen molar-refractivity contribution in [3.63, 3.8) is 0 Å². The van der Waals surface area contributed by atoms with E-state index in [2.05, 4.69) is 192 Å². The van der Waals surface area contributed by atoms with E-state index in [-0.39, 0.29) is 0 Å². The minimum absolute atomic E-state index is 0.578. The van der Waals surface area contributed by atoms with Gasteiger partial charge in [-0.1, -0.05) is 189 Å². The van der Waals surface area contributed by atoms with Crippen molar-refractivity contribution in [2.24, 2.45) is 9.98 Å². The summed E-state index contributed by atoms with van der Waals surface area (Å²) in [6.07, 6.45) is 1.86. The number of benzene rings is 10. The van der Waals surface area contributed by atoms with Crippen LogP contribution in [0.25, 0.3) is 105 Å². The van der Waals surface area contributed by atoms with Crippen molar-refractivity contribution in [1.29, 1.82) is 0 Å². The highest BCUT2D eigenvalue weighted by Crippen LogP contribution is 2.47. The molecule has 0 aliphatic carbocycles. The van der Waals surface area contributed by atoms with Gasteiger partial charge in [-0.25, -0.2) is 9.98 Å². The van der Waals surface area contributed by atoms with Crippen molar-refractivity contribution in [1.82, 2.24) is 9.13 Å². The number of hydrogen-bond donors (Lipinski definition) is 0. The first-order valence-corrected chi connectivity index (χ1v) is 23.3. The predicted octanol–water partition coefficient (Wildman–Crippen LogP) is 16.7. The molecule has 13 rings (SSSR count). The molecule has 13 aromatic rings. The molecule has 0 amide bonds. The minimum Gasteiger partial charge on any atom is -0.453 e. The number of amidine groups is 1. The number of para-hydroxylation sites is 3. The molecule has 0 saturated carbocycles. The van der Waals surface area contributed by atoms with Crippen LogP contribution in [0.5, 0.6) is 0 Å². The molecule has 3 aromatic heterocycles. The van der Waals surface area contributed by atoms with Gasteiger partial charge >= 0.3 is 0 Å². The summed E-state index contributed by atoms with van der Waals surface area (Å²) in [5, 5.41) is 6.68. The van der Waals surface area contributed by atoms with Gasteiger partial charge in [0.1, 0.15) is 5.58 Å². The molecular weight excluding hydrogens is 841 g/mol. The van der Waals surface area contributed by atoms with E-state index in [1.165, 1.54) is 5.39 Å². The van der Waals surface area contributed by atoms with Crippen LogP contribution in [0.4, 0.5) is 0 Å².